The zero-order valence-corrected chi connectivity index (χ0v) is 12.5. The minimum absolute atomic E-state index is 0.502. The van der Waals surface area contributed by atoms with Crippen LogP contribution in [0, 0.1) is 13.8 Å². The van der Waals surface area contributed by atoms with Crippen molar-refractivity contribution in [1.29, 1.82) is 0 Å². The number of aryl methyl sites for hydroxylation is 2. The number of carbonyl (C=O) groups excluding carboxylic acids is 1. The van der Waals surface area contributed by atoms with Crippen molar-refractivity contribution in [2.75, 3.05) is 5.32 Å². The zero-order valence-electron chi connectivity index (χ0n) is 12.5. The lowest BCUT2D eigenvalue weighted by molar-refractivity contribution is 0.215. The smallest absolute Gasteiger partial charge is 0.410 e. The Labute approximate surface area is 128 Å². The van der Waals surface area contributed by atoms with E-state index in [2.05, 4.69) is 10.3 Å². The number of nitrogens with zero attached hydrogens (tertiary/aromatic N) is 1. The number of anilines is 1. The van der Waals surface area contributed by atoms with E-state index in [0.717, 1.165) is 22.2 Å². The first-order valence-electron chi connectivity index (χ1n) is 7.04. The Hall–Kier alpha value is -2.88. The summed E-state index contributed by atoms with van der Waals surface area (Å²) >= 11 is 0. The molecule has 0 unspecified atom stereocenters. The third-order valence-corrected chi connectivity index (χ3v) is 3.43. The Bertz CT molecular complexity index is 829. The van der Waals surface area contributed by atoms with Crippen molar-refractivity contribution in [2.24, 2.45) is 0 Å². The van der Waals surface area contributed by atoms with Gasteiger partial charge in [0, 0.05) is 5.39 Å². The van der Waals surface area contributed by atoms with Crippen LogP contribution < -0.4 is 10.1 Å². The summed E-state index contributed by atoms with van der Waals surface area (Å²) in [5.74, 6) is 0.502. The molecule has 0 saturated carbocycles. The highest BCUT2D eigenvalue weighted by Gasteiger charge is 2.10. The van der Waals surface area contributed by atoms with Crippen molar-refractivity contribution < 1.29 is 9.53 Å². The van der Waals surface area contributed by atoms with Gasteiger partial charge in [-0.15, -0.1) is 0 Å². The second-order valence-corrected chi connectivity index (χ2v) is 5.10. The number of nitrogens with one attached hydrogen (secondary N) is 1. The Morgan fingerprint density at radius 3 is 2.59 bits per heavy atom. The molecule has 0 bridgehead atoms. The van der Waals surface area contributed by atoms with E-state index in [1.54, 1.807) is 12.1 Å². The highest BCUT2D eigenvalue weighted by Crippen LogP contribution is 2.23. The van der Waals surface area contributed by atoms with Gasteiger partial charge in [0.05, 0.1) is 16.9 Å². The van der Waals surface area contributed by atoms with Gasteiger partial charge in [0.1, 0.15) is 5.75 Å². The van der Waals surface area contributed by atoms with Gasteiger partial charge in [-0.2, -0.15) is 0 Å². The van der Waals surface area contributed by atoms with Crippen molar-refractivity contribution in [1.82, 2.24) is 4.98 Å². The maximum Gasteiger partial charge on any atom is 0.417 e. The Kier molecular flexibility index (Phi) is 3.74. The van der Waals surface area contributed by atoms with Gasteiger partial charge in [-0.3, -0.25) is 10.3 Å². The molecule has 0 radical (unpaired) electrons. The number of para-hydroxylation sites is 2. The van der Waals surface area contributed by atoms with E-state index >= 15 is 0 Å². The van der Waals surface area contributed by atoms with Crippen LogP contribution in [0.4, 0.5) is 10.5 Å². The Morgan fingerprint density at radius 2 is 1.82 bits per heavy atom. The summed E-state index contributed by atoms with van der Waals surface area (Å²) in [6, 6.07) is 16.8. The zero-order chi connectivity index (χ0) is 15.5. The summed E-state index contributed by atoms with van der Waals surface area (Å²) in [6.07, 6.45) is -0.525. The predicted molar refractivity (Wildman–Crippen MR) is 87.3 cm³/mol. The quantitative estimate of drug-likeness (QED) is 0.758. The van der Waals surface area contributed by atoms with E-state index in [1.165, 1.54) is 0 Å². The molecule has 110 valence electrons. The number of aromatic nitrogens is 1. The van der Waals surface area contributed by atoms with Gasteiger partial charge in [-0.25, -0.2) is 4.79 Å². The van der Waals surface area contributed by atoms with Crippen LogP contribution in [-0.2, 0) is 0 Å². The minimum Gasteiger partial charge on any atom is -0.410 e. The molecule has 0 fully saturated rings. The molecule has 0 aliphatic carbocycles. The fraction of sp³-hybridized carbons (Fsp3) is 0.111. The van der Waals surface area contributed by atoms with Crippen molar-refractivity contribution in [2.45, 2.75) is 13.8 Å². The third-order valence-electron chi connectivity index (χ3n) is 3.43. The summed E-state index contributed by atoms with van der Waals surface area (Å²) in [5.41, 5.74) is 3.46. The molecule has 1 aromatic heterocycles. The number of fused-ring (bicyclic) bond motifs is 1. The molecular formula is C18H16N2O2. The number of hydrogen-bond acceptors (Lipinski definition) is 3. The highest BCUT2D eigenvalue weighted by molar-refractivity contribution is 5.92. The molecule has 1 heterocycles. The van der Waals surface area contributed by atoms with E-state index < -0.39 is 6.09 Å². The van der Waals surface area contributed by atoms with Crippen LogP contribution in [0.15, 0.2) is 54.6 Å². The van der Waals surface area contributed by atoms with Crippen LogP contribution in [0.2, 0.25) is 0 Å². The number of hydrogen-bond donors (Lipinski definition) is 1. The second-order valence-electron chi connectivity index (χ2n) is 5.10. The topological polar surface area (TPSA) is 51.2 Å². The first kappa shape index (κ1) is 14.1. The van der Waals surface area contributed by atoms with Gasteiger partial charge >= 0.3 is 6.09 Å². The molecule has 1 N–H and O–H groups in total. The number of pyridine rings is 1. The molecule has 4 nitrogen and oxygen atoms in total. The molecule has 3 rings (SSSR count). The number of rotatable bonds is 2. The standard InChI is InChI=1S/C18H16N2O2/c1-12-7-6-8-14-11-16(13(2)19-17(12)14)20-18(21)22-15-9-4-3-5-10-15/h3-11H,1-2H3,(H,20,21). The van der Waals surface area contributed by atoms with Crippen LogP contribution in [0.25, 0.3) is 10.9 Å². The van der Waals surface area contributed by atoms with Gasteiger partial charge in [0.2, 0.25) is 0 Å². The monoisotopic (exact) mass is 292 g/mol. The molecule has 22 heavy (non-hydrogen) atoms. The van der Waals surface area contributed by atoms with Crippen molar-refractivity contribution in [3.05, 3.63) is 65.9 Å². The van der Waals surface area contributed by atoms with Gasteiger partial charge < -0.3 is 4.74 Å². The number of benzene rings is 2. The SMILES string of the molecule is Cc1nc2c(C)cccc2cc1NC(=O)Oc1ccccc1. The molecule has 2 aromatic carbocycles. The first-order valence-corrected chi connectivity index (χ1v) is 7.04. The Balaban J connectivity index is 1.84. The molecule has 0 atom stereocenters. The predicted octanol–water partition coefficient (Wildman–Crippen LogP) is 4.46. The van der Waals surface area contributed by atoms with Crippen LogP contribution in [0.5, 0.6) is 5.75 Å². The fourth-order valence-corrected chi connectivity index (χ4v) is 2.30. The molecule has 1 amide bonds. The van der Waals surface area contributed by atoms with Crippen molar-refractivity contribution in [3.8, 4) is 5.75 Å². The number of carbonyl (C=O) groups is 1. The summed E-state index contributed by atoms with van der Waals surface area (Å²) < 4.78 is 5.23. The molecule has 0 spiro atoms. The lowest BCUT2D eigenvalue weighted by atomic mass is 10.1. The summed E-state index contributed by atoms with van der Waals surface area (Å²) in [4.78, 5) is 16.5. The first-order chi connectivity index (χ1) is 10.6. The minimum atomic E-state index is -0.525. The van der Waals surface area contributed by atoms with Gasteiger partial charge in [-0.1, -0.05) is 36.4 Å². The van der Waals surface area contributed by atoms with E-state index in [4.69, 9.17) is 4.74 Å². The molecular weight excluding hydrogens is 276 g/mol. The van der Waals surface area contributed by atoms with Gasteiger partial charge in [-0.05, 0) is 37.6 Å². The normalized spacial score (nSPS) is 10.5. The Morgan fingerprint density at radius 1 is 1.05 bits per heavy atom. The maximum absolute atomic E-state index is 12.0. The fourth-order valence-electron chi connectivity index (χ4n) is 2.30. The summed E-state index contributed by atoms with van der Waals surface area (Å²) in [6.45, 7) is 3.88. The molecule has 0 aliphatic heterocycles. The molecule has 4 heteroatoms. The van der Waals surface area contributed by atoms with Crippen molar-refractivity contribution in [3.63, 3.8) is 0 Å². The van der Waals surface area contributed by atoms with E-state index in [-0.39, 0.29) is 0 Å². The average Bonchev–Trinajstić information content (AvgIpc) is 2.50. The number of ether oxygens (including phenoxy) is 1. The highest BCUT2D eigenvalue weighted by atomic mass is 16.6. The van der Waals surface area contributed by atoms with Crippen molar-refractivity contribution >= 4 is 22.7 Å². The van der Waals surface area contributed by atoms with E-state index in [9.17, 15) is 4.79 Å². The number of amides is 1. The second kappa shape index (κ2) is 5.85. The largest absolute Gasteiger partial charge is 0.417 e. The van der Waals surface area contributed by atoms with E-state index in [0.29, 0.717) is 11.4 Å². The third kappa shape index (κ3) is 2.91. The summed E-state index contributed by atoms with van der Waals surface area (Å²) in [7, 11) is 0. The molecule has 0 aliphatic rings. The van der Waals surface area contributed by atoms with Crippen LogP contribution >= 0.6 is 0 Å². The van der Waals surface area contributed by atoms with Crippen LogP contribution in [0.1, 0.15) is 11.3 Å². The lowest BCUT2D eigenvalue weighted by Crippen LogP contribution is -2.17. The van der Waals surface area contributed by atoms with Gasteiger partial charge in [0.25, 0.3) is 0 Å². The molecule has 0 saturated heterocycles. The summed E-state index contributed by atoms with van der Waals surface area (Å²) in [5, 5.41) is 3.73. The average molecular weight is 292 g/mol. The maximum atomic E-state index is 12.0. The van der Waals surface area contributed by atoms with Crippen LogP contribution in [0.3, 0.4) is 0 Å². The van der Waals surface area contributed by atoms with Gasteiger partial charge in [0.15, 0.2) is 0 Å². The van der Waals surface area contributed by atoms with Crippen LogP contribution in [-0.4, -0.2) is 11.1 Å². The molecule has 3 aromatic rings. The lowest BCUT2D eigenvalue weighted by Gasteiger charge is -2.10. The van der Waals surface area contributed by atoms with E-state index in [1.807, 2.05) is 56.3 Å².